The zero-order valence-electron chi connectivity index (χ0n) is 10.00. The van der Waals surface area contributed by atoms with Crippen LogP contribution in [0.5, 0.6) is 0 Å². The Morgan fingerprint density at radius 3 is 2.61 bits per heavy atom. The number of hydrogen-bond acceptors (Lipinski definition) is 2. The van der Waals surface area contributed by atoms with Gasteiger partial charge in [-0.15, -0.1) is 0 Å². The molecule has 2 nitrogen and oxygen atoms in total. The molecule has 2 rings (SSSR count). The van der Waals surface area contributed by atoms with Crippen molar-refractivity contribution in [2.75, 3.05) is 0 Å². The van der Waals surface area contributed by atoms with Gasteiger partial charge in [-0.25, -0.2) is 4.39 Å². The molecule has 0 aliphatic heterocycles. The van der Waals surface area contributed by atoms with Crippen molar-refractivity contribution in [3.63, 3.8) is 0 Å². The van der Waals surface area contributed by atoms with Gasteiger partial charge in [-0.05, 0) is 18.9 Å². The fraction of sp³-hybridized carbons (Fsp3) is 0.500. The van der Waals surface area contributed by atoms with E-state index < -0.39 is 17.3 Å². The summed E-state index contributed by atoms with van der Waals surface area (Å²) in [5.41, 5.74) is -0.741. The summed E-state index contributed by atoms with van der Waals surface area (Å²) in [5, 5.41) is 19.7. The number of aliphatic hydroxyl groups is 1. The van der Waals surface area contributed by atoms with Crippen LogP contribution >= 0.6 is 11.6 Å². The number of hydrogen-bond donors (Lipinski definition) is 1. The third kappa shape index (κ3) is 2.23. The van der Waals surface area contributed by atoms with E-state index in [2.05, 4.69) is 6.07 Å². The monoisotopic (exact) mass is 267 g/mol. The van der Waals surface area contributed by atoms with Crippen LogP contribution in [0.1, 0.15) is 43.8 Å². The van der Waals surface area contributed by atoms with Crippen molar-refractivity contribution in [3.8, 4) is 6.07 Å². The minimum absolute atomic E-state index is 0.0181. The molecule has 0 amide bonds. The van der Waals surface area contributed by atoms with Crippen molar-refractivity contribution >= 4 is 11.6 Å². The van der Waals surface area contributed by atoms with Crippen LogP contribution in [-0.4, -0.2) is 5.11 Å². The first-order chi connectivity index (χ1) is 8.60. The van der Waals surface area contributed by atoms with E-state index in [-0.39, 0.29) is 10.6 Å². The van der Waals surface area contributed by atoms with Gasteiger partial charge in [-0.3, -0.25) is 0 Å². The third-order valence-corrected chi connectivity index (χ3v) is 4.06. The van der Waals surface area contributed by atoms with Gasteiger partial charge in [-0.1, -0.05) is 43.0 Å². The van der Waals surface area contributed by atoms with Crippen LogP contribution in [0.3, 0.4) is 0 Å². The van der Waals surface area contributed by atoms with Crippen molar-refractivity contribution in [1.82, 2.24) is 0 Å². The Morgan fingerprint density at radius 1 is 1.33 bits per heavy atom. The first-order valence-corrected chi connectivity index (χ1v) is 6.52. The lowest BCUT2D eigenvalue weighted by Gasteiger charge is -2.35. The zero-order chi connectivity index (χ0) is 13.2. The first-order valence-electron chi connectivity index (χ1n) is 6.14. The summed E-state index contributed by atoms with van der Waals surface area (Å²) in [4.78, 5) is 0. The minimum atomic E-state index is -1.11. The van der Waals surface area contributed by atoms with Crippen LogP contribution in [0.25, 0.3) is 0 Å². The van der Waals surface area contributed by atoms with Gasteiger partial charge in [0.1, 0.15) is 11.9 Å². The van der Waals surface area contributed by atoms with Crippen LogP contribution in [0.2, 0.25) is 5.02 Å². The molecule has 0 radical (unpaired) electrons. The maximum Gasteiger partial charge on any atom is 0.147 e. The number of rotatable bonds is 2. The van der Waals surface area contributed by atoms with Gasteiger partial charge in [0.25, 0.3) is 0 Å². The Morgan fingerprint density at radius 2 is 2.00 bits per heavy atom. The van der Waals surface area contributed by atoms with Gasteiger partial charge in [0.15, 0.2) is 0 Å². The Kier molecular flexibility index (Phi) is 3.89. The molecule has 1 saturated carbocycles. The van der Waals surface area contributed by atoms with Gasteiger partial charge in [-0.2, -0.15) is 5.26 Å². The number of halogens is 2. The zero-order valence-corrected chi connectivity index (χ0v) is 10.8. The predicted molar refractivity (Wildman–Crippen MR) is 67.5 cm³/mol. The van der Waals surface area contributed by atoms with E-state index in [4.69, 9.17) is 11.6 Å². The van der Waals surface area contributed by atoms with Crippen molar-refractivity contribution < 1.29 is 9.50 Å². The fourth-order valence-corrected chi connectivity index (χ4v) is 2.84. The average Bonchev–Trinajstić information content (AvgIpc) is 2.42. The van der Waals surface area contributed by atoms with Crippen LogP contribution < -0.4 is 0 Å². The second kappa shape index (κ2) is 5.26. The van der Waals surface area contributed by atoms with Crippen LogP contribution in [0, 0.1) is 22.6 Å². The molecule has 1 aliphatic carbocycles. The summed E-state index contributed by atoms with van der Waals surface area (Å²) in [6.07, 6.45) is 2.96. The Labute approximate surface area is 111 Å². The normalized spacial score (nSPS) is 20.1. The standard InChI is InChI=1S/C14H15ClFNO/c15-11-6-4-5-10(12(11)16)13(18)14(9-17)7-2-1-3-8-14/h4-6,13,18H,1-3,7-8H2. The Hall–Kier alpha value is -1.11. The molecule has 1 fully saturated rings. The number of nitrogens with zero attached hydrogens (tertiary/aromatic N) is 1. The molecule has 96 valence electrons. The molecule has 1 atom stereocenters. The molecular formula is C14H15ClFNO. The number of benzene rings is 1. The van der Waals surface area contributed by atoms with Gasteiger partial charge < -0.3 is 5.11 Å². The molecule has 1 N–H and O–H groups in total. The summed E-state index contributed by atoms with van der Waals surface area (Å²) in [5.74, 6) is -0.619. The highest BCUT2D eigenvalue weighted by molar-refractivity contribution is 6.30. The molecule has 1 aliphatic rings. The quantitative estimate of drug-likeness (QED) is 0.881. The van der Waals surface area contributed by atoms with E-state index in [1.165, 1.54) is 12.1 Å². The summed E-state index contributed by atoms with van der Waals surface area (Å²) in [6.45, 7) is 0. The highest BCUT2D eigenvalue weighted by atomic mass is 35.5. The predicted octanol–water partition coefficient (Wildman–Crippen LogP) is 3.99. The molecule has 0 spiro atoms. The molecule has 1 aromatic rings. The van der Waals surface area contributed by atoms with Crippen LogP contribution in [0.4, 0.5) is 4.39 Å². The number of nitriles is 1. The molecule has 0 bridgehead atoms. The minimum Gasteiger partial charge on any atom is -0.387 e. The largest absolute Gasteiger partial charge is 0.387 e. The van der Waals surface area contributed by atoms with E-state index in [1.807, 2.05) is 0 Å². The summed E-state index contributed by atoms with van der Waals surface area (Å²) in [7, 11) is 0. The highest BCUT2D eigenvalue weighted by Gasteiger charge is 2.41. The fourth-order valence-electron chi connectivity index (χ4n) is 2.66. The molecule has 1 aromatic carbocycles. The topological polar surface area (TPSA) is 44.0 Å². The lowest BCUT2D eigenvalue weighted by Crippen LogP contribution is -2.30. The van der Waals surface area contributed by atoms with E-state index in [1.54, 1.807) is 6.07 Å². The van der Waals surface area contributed by atoms with Crippen molar-refractivity contribution in [1.29, 1.82) is 5.26 Å². The maximum atomic E-state index is 13.9. The van der Waals surface area contributed by atoms with E-state index in [0.29, 0.717) is 12.8 Å². The Balaban J connectivity index is 2.37. The molecule has 0 heterocycles. The van der Waals surface area contributed by atoms with Gasteiger partial charge in [0, 0.05) is 5.56 Å². The maximum absolute atomic E-state index is 13.9. The van der Waals surface area contributed by atoms with E-state index >= 15 is 0 Å². The van der Waals surface area contributed by atoms with Gasteiger partial charge in [0.2, 0.25) is 0 Å². The molecule has 4 heteroatoms. The smallest absolute Gasteiger partial charge is 0.147 e. The summed E-state index contributed by atoms with van der Waals surface area (Å²) < 4.78 is 13.9. The second-order valence-corrected chi connectivity index (χ2v) is 5.28. The van der Waals surface area contributed by atoms with Gasteiger partial charge >= 0.3 is 0 Å². The highest BCUT2D eigenvalue weighted by Crippen LogP contribution is 2.46. The van der Waals surface area contributed by atoms with Crippen LogP contribution in [0.15, 0.2) is 18.2 Å². The van der Waals surface area contributed by atoms with E-state index in [0.717, 1.165) is 19.3 Å². The second-order valence-electron chi connectivity index (χ2n) is 4.87. The van der Waals surface area contributed by atoms with E-state index in [9.17, 15) is 14.8 Å². The first kappa shape index (κ1) is 13.3. The van der Waals surface area contributed by atoms with Gasteiger partial charge in [0.05, 0.1) is 16.5 Å². The average molecular weight is 268 g/mol. The molecular weight excluding hydrogens is 253 g/mol. The number of aliphatic hydroxyl groups excluding tert-OH is 1. The van der Waals surface area contributed by atoms with Crippen molar-refractivity contribution in [2.24, 2.45) is 5.41 Å². The molecule has 0 aromatic heterocycles. The molecule has 18 heavy (non-hydrogen) atoms. The van der Waals surface area contributed by atoms with Crippen molar-refractivity contribution in [3.05, 3.63) is 34.6 Å². The summed E-state index contributed by atoms with van der Waals surface area (Å²) in [6, 6.07) is 6.73. The molecule has 1 unspecified atom stereocenters. The molecule has 0 saturated heterocycles. The van der Waals surface area contributed by atoms with Crippen LogP contribution in [-0.2, 0) is 0 Å². The third-order valence-electron chi connectivity index (χ3n) is 3.77. The lowest BCUT2D eigenvalue weighted by molar-refractivity contribution is 0.0333. The SMILES string of the molecule is N#CC1(C(O)c2cccc(Cl)c2F)CCCCC1. The lowest BCUT2D eigenvalue weighted by atomic mass is 9.69. The van der Waals surface area contributed by atoms with Crippen molar-refractivity contribution in [2.45, 2.75) is 38.2 Å². The summed E-state index contributed by atoms with van der Waals surface area (Å²) >= 11 is 5.72. The Bertz CT molecular complexity index is 477.